The molecular weight excluding hydrogens is 578 g/mol. The van der Waals surface area contributed by atoms with E-state index in [9.17, 15) is 19.2 Å². The van der Waals surface area contributed by atoms with Crippen molar-refractivity contribution >= 4 is 24.0 Å². The Balaban J connectivity index is 0.000000854. The van der Waals surface area contributed by atoms with Crippen LogP contribution in [0.5, 0.6) is 5.75 Å². The van der Waals surface area contributed by atoms with E-state index in [1.54, 1.807) is 6.92 Å². The smallest absolute Gasteiger partial charge is 0.488 e. The molecule has 2 aromatic carbocycles. The minimum atomic E-state index is -0.876. The standard InChI is InChI=1S/C32H33NO7.C3H6O2/c1-6-15-37-31(35)29-24(19(4)28-26(30(34)33(28)29)20(5)40-32(36)38-16-7-2)17-39-25-14-10-13-22-18(3)21-11-8-9-12-23(21)27(22)25;1-3(4)5-2/h6-14,18-20,26,28H,1-2,15-17H2,3-5H3;1-2H3. The van der Waals surface area contributed by atoms with E-state index >= 15 is 0 Å². The van der Waals surface area contributed by atoms with Gasteiger partial charge in [-0.3, -0.25) is 9.59 Å². The summed E-state index contributed by atoms with van der Waals surface area (Å²) in [6.07, 6.45) is 1.27. The molecule has 0 aromatic heterocycles. The largest absolute Gasteiger partial charge is 0.508 e. The summed E-state index contributed by atoms with van der Waals surface area (Å²) in [5, 5.41) is 0. The van der Waals surface area contributed by atoms with E-state index in [0.29, 0.717) is 11.3 Å². The highest BCUT2D eigenvalue weighted by Crippen LogP contribution is 2.50. The van der Waals surface area contributed by atoms with Crippen LogP contribution in [0, 0.1) is 11.8 Å². The van der Waals surface area contributed by atoms with Crippen LogP contribution in [-0.2, 0) is 33.3 Å². The van der Waals surface area contributed by atoms with Crippen LogP contribution in [0.25, 0.3) is 11.1 Å². The maximum Gasteiger partial charge on any atom is 0.508 e. The summed E-state index contributed by atoms with van der Waals surface area (Å²) in [6, 6.07) is 13.9. The second-order valence-electron chi connectivity index (χ2n) is 11.0. The Morgan fingerprint density at radius 2 is 1.62 bits per heavy atom. The molecule has 45 heavy (non-hydrogen) atoms. The molecule has 10 nitrogen and oxygen atoms in total. The molecule has 5 atom stereocenters. The molecule has 5 unspecified atom stereocenters. The van der Waals surface area contributed by atoms with Crippen LogP contribution in [0.15, 0.2) is 79.0 Å². The first-order valence-electron chi connectivity index (χ1n) is 14.7. The topological polar surface area (TPSA) is 118 Å². The van der Waals surface area contributed by atoms with Gasteiger partial charge in [0, 0.05) is 29.9 Å². The number of β-lactam (4-membered cyclic amide) rings is 1. The lowest BCUT2D eigenvalue weighted by Gasteiger charge is -2.47. The molecule has 2 aromatic rings. The molecule has 1 amide bonds. The van der Waals surface area contributed by atoms with Crippen molar-refractivity contribution in [2.24, 2.45) is 11.8 Å². The molecule has 3 aliphatic rings. The van der Waals surface area contributed by atoms with Crippen molar-refractivity contribution < 1.29 is 42.9 Å². The average molecular weight is 618 g/mol. The van der Waals surface area contributed by atoms with Crippen LogP contribution < -0.4 is 4.74 Å². The van der Waals surface area contributed by atoms with E-state index < -0.39 is 24.1 Å². The van der Waals surface area contributed by atoms with Gasteiger partial charge >= 0.3 is 18.1 Å². The third-order valence-corrected chi connectivity index (χ3v) is 8.32. The number of rotatable bonds is 10. The van der Waals surface area contributed by atoms with Gasteiger partial charge in [-0.25, -0.2) is 9.59 Å². The summed E-state index contributed by atoms with van der Waals surface area (Å²) in [4.78, 5) is 49.6. The zero-order valence-electron chi connectivity index (χ0n) is 26.2. The monoisotopic (exact) mass is 617 g/mol. The van der Waals surface area contributed by atoms with Gasteiger partial charge in [-0.05, 0) is 29.7 Å². The Hall–Kier alpha value is -4.86. The van der Waals surface area contributed by atoms with E-state index in [0.717, 1.165) is 11.1 Å². The normalized spacial score (nSPS) is 21.1. The lowest BCUT2D eigenvalue weighted by Crippen LogP contribution is -2.64. The number of carbonyl (C=O) groups excluding carboxylic acids is 4. The molecule has 2 aliphatic heterocycles. The Labute approximate surface area is 263 Å². The van der Waals surface area contributed by atoms with Gasteiger partial charge in [-0.2, -0.15) is 0 Å². The number of amides is 1. The van der Waals surface area contributed by atoms with Crippen molar-refractivity contribution in [1.29, 1.82) is 0 Å². The number of carbonyl (C=O) groups is 4. The Morgan fingerprint density at radius 1 is 0.978 bits per heavy atom. The van der Waals surface area contributed by atoms with E-state index in [4.69, 9.17) is 18.9 Å². The molecular formula is C35H39NO9. The third-order valence-electron chi connectivity index (χ3n) is 8.32. The van der Waals surface area contributed by atoms with Crippen LogP contribution in [-0.4, -0.2) is 68.0 Å². The van der Waals surface area contributed by atoms with Gasteiger partial charge in [-0.1, -0.05) is 75.6 Å². The molecule has 1 saturated heterocycles. The van der Waals surface area contributed by atoms with Gasteiger partial charge in [0.2, 0.25) is 5.91 Å². The van der Waals surface area contributed by atoms with Crippen LogP contribution in [0.1, 0.15) is 44.7 Å². The van der Waals surface area contributed by atoms with Crippen molar-refractivity contribution in [3.8, 4) is 16.9 Å². The fraction of sp³-hybridized carbons (Fsp3) is 0.371. The Kier molecular flexibility index (Phi) is 10.5. The summed E-state index contributed by atoms with van der Waals surface area (Å²) in [5.41, 5.74) is 5.45. The second-order valence-corrected chi connectivity index (χ2v) is 11.0. The number of hydrogen-bond acceptors (Lipinski definition) is 9. The van der Waals surface area contributed by atoms with E-state index in [1.165, 1.54) is 42.2 Å². The molecule has 0 saturated carbocycles. The van der Waals surface area contributed by atoms with Crippen molar-refractivity contribution in [3.05, 3.63) is 90.2 Å². The number of fused-ring (bicyclic) bond motifs is 4. The molecule has 0 N–H and O–H groups in total. The summed E-state index contributed by atoms with van der Waals surface area (Å²) >= 11 is 0. The molecule has 10 heteroatoms. The Morgan fingerprint density at radius 3 is 2.29 bits per heavy atom. The van der Waals surface area contributed by atoms with Crippen molar-refractivity contribution in [1.82, 2.24) is 4.90 Å². The van der Waals surface area contributed by atoms with Gasteiger partial charge in [-0.15, -0.1) is 0 Å². The summed E-state index contributed by atoms with van der Waals surface area (Å²) in [6.45, 7) is 14.4. The molecule has 0 spiro atoms. The first kappa shape index (κ1) is 33.0. The highest BCUT2D eigenvalue weighted by molar-refractivity contribution is 6.01. The molecule has 1 aliphatic carbocycles. The number of ether oxygens (including phenoxy) is 5. The SMILES string of the molecule is C=CCOC(=O)OC(C)C1C(=O)N2C(C(=O)OCC=C)=C(COc3cccc4c3-c3ccccc3C4C)C(C)C12.COC(C)=O. The Bertz CT molecular complexity index is 1530. The van der Waals surface area contributed by atoms with E-state index in [1.807, 2.05) is 31.2 Å². The molecule has 0 radical (unpaired) electrons. The highest BCUT2D eigenvalue weighted by atomic mass is 16.7. The van der Waals surface area contributed by atoms with Crippen LogP contribution in [0.3, 0.4) is 0 Å². The summed E-state index contributed by atoms with van der Waals surface area (Å²) in [7, 11) is 1.35. The molecule has 1 fully saturated rings. The maximum atomic E-state index is 13.3. The fourth-order valence-electron chi connectivity index (χ4n) is 6.14. The van der Waals surface area contributed by atoms with Crippen molar-refractivity contribution in [2.75, 3.05) is 26.9 Å². The third kappa shape index (κ3) is 6.50. The van der Waals surface area contributed by atoms with E-state index in [2.05, 4.69) is 43.0 Å². The number of esters is 2. The zero-order chi connectivity index (χ0) is 32.8. The molecule has 5 rings (SSSR count). The van der Waals surface area contributed by atoms with Crippen LogP contribution >= 0.6 is 0 Å². The number of benzene rings is 2. The molecule has 238 valence electrons. The van der Waals surface area contributed by atoms with Gasteiger partial charge < -0.3 is 28.6 Å². The fourth-order valence-corrected chi connectivity index (χ4v) is 6.14. The van der Waals surface area contributed by atoms with Gasteiger partial charge in [0.25, 0.3) is 0 Å². The van der Waals surface area contributed by atoms with Crippen molar-refractivity contribution in [3.63, 3.8) is 0 Å². The number of hydrogen-bond donors (Lipinski definition) is 0. The predicted molar refractivity (Wildman–Crippen MR) is 166 cm³/mol. The average Bonchev–Trinajstić information content (AvgIpc) is 3.46. The highest BCUT2D eigenvalue weighted by Gasteiger charge is 2.61. The first-order chi connectivity index (χ1) is 21.6. The van der Waals surface area contributed by atoms with Gasteiger partial charge in [0.05, 0.1) is 19.1 Å². The quantitative estimate of drug-likeness (QED) is 0.146. The van der Waals surface area contributed by atoms with Gasteiger partial charge in [0.15, 0.2) is 0 Å². The van der Waals surface area contributed by atoms with E-state index in [-0.39, 0.29) is 55.3 Å². The minimum Gasteiger partial charge on any atom is -0.488 e. The first-order valence-corrected chi connectivity index (χ1v) is 14.7. The minimum absolute atomic E-state index is 0.00486. The summed E-state index contributed by atoms with van der Waals surface area (Å²) in [5.74, 6) is -1.10. The van der Waals surface area contributed by atoms with Crippen LogP contribution in [0.2, 0.25) is 0 Å². The van der Waals surface area contributed by atoms with Crippen molar-refractivity contribution in [2.45, 2.75) is 45.8 Å². The summed E-state index contributed by atoms with van der Waals surface area (Å²) < 4.78 is 26.2. The zero-order valence-corrected chi connectivity index (χ0v) is 26.2. The lowest BCUT2D eigenvalue weighted by atomic mass is 9.77. The number of methoxy groups -OCH3 is 1. The van der Waals surface area contributed by atoms with Crippen LogP contribution in [0.4, 0.5) is 4.79 Å². The van der Waals surface area contributed by atoms with Gasteiger partial charge in [0.1, 0.15) is 37.4 Å². The predicted octanol–water partition coefficient (Wildman–Crippen LogP) is 5.56. The maximum absolute atomic E-state index is 13.3. The second kappa shape index (κ2) is 14.3. The molecule has 2 heterocycles. The molecule has 0 bridgehead atoms. The lowest BCUT2D eigenvalue weighted by molar-refractivity contribution is -0.164. The number of nitrogens with zero attached hydrogens (tertiary/aromatic N) is 1.